The fraction of sp³-hybridized carbons (Fsp3) is 0.526. The number of hydrogen-bond donors (Lipinski definition) is 0. The van der Waals surface area contributed by atoms with E-state index in [1.807, 2.05) is 23.1 Å². The normalized spacial score (nSPS) is 24.0. The maximum atomic E-state index is 13.1. The zero-order valence-corrected chi connectivity index (χ0v) is 14.1. The quantitative estimate of drug-likeness (QED) is 0.810. The molecule has 2 atom stereocenters. The molecular formula is C19H23N3O2. The van der Waals surface area contributed by atoms with Gasteiger partial charge in [0.1, 0.15) is 0 Å². The molecule has 1 saturated heterocycles. The molecule has 126 valence electrons. The Morgan fingerprint density at radius 1 is 1.08 bits per heavy atom. The van der Waals surface area contributed by atoms with Gasteiger partial charge in [0.05, 0.1) is 5.39 Å². The van der Waals surface area contributed by atoms with Gasteiger partial charge in [-0.1, -0.05) is 37.5 Å². The number of benzene rings is 1. The van der Waals surface area contributed by atoms with Crippen molar-refractivity contribution < 1.29 is 4.79 Å². The summed E-state index contributed by atoms with van der Waals surface area (Å²) in [6.45, 7) is 1.64. The van der Waals surface area contributed by atoms with Crippen LogP contribution in [-0.2, 0) is 7.05 Å². The number of nitrogens with zero attached hydrogens (tertiary/aromatic N) is 3. The highest BCUT2D eigenvalue weighted by Gasteiger charge is 2.34. The summed E-state index contributed by atoms with van der Waals surface area (Å²) in [7, 11) is 1.61. The van der Waals surface area contributed by atoms with E-state index in [4.69, 9.17) is 0 Å². The molecule has 5 nitrogen and oxygen atoms in total. The fourth-order valence-corrected chi connectivity index (χ4v) is 4.39. The van der Waals surface area contributed by atoms with Gasteiger partial charge in [0.2, 0.25) is 0 Å². The number of piperidine rings is 1. The average molecular weight is 325 g/mol. The van der Waals surface area contributed by atoms with Crippen molar-refractivity contribution in [3.8, 4) is 0 Å². The maximum absolute atomic E-state index is 13.1. The SMILES string of the molecule is Cn1nc(C(=O)N2CC[C@H]3CCCC[C@H]3C2)c2ccccc2c1=O. The summed E-state index contributed by atoms with van der Waals surface area (Å²) in [5.41, 5.74) is 0.245. The molecule has 4 rings (SSSR count). The van der Waals surface area contributed by atoms with Crippen LogP contribution in [0.3, 0.4) is 0 Å². The van der Waals surface area contributed by atoms with Gasteiger partial charge in [-0.25, -0.2) is 4.68 Å². The van der Waals surface area contributed by atoms with Crippen LogP contribution in [-0.4, -0.2) is 33.7 Å². The Hall–Kier alpha value is -2.17. The number of carbonyl (C=O) groups excluding carboxylic acids is 1. The summed E-state index contributed by atoms with van der Waals surface area (Å²) < 4.78 is 1.28. The summed E-state index contributed by atoms with van der Waals surface area (Å²) in [6.07, 6.45) is 6.26. The highest BCUT2D eigenvalue weighted by Crippen LogP contribution is 2.36. The van der Waals surface area contributed by atoms with E-state index < -0.39 is 0 Å². The van der Waals surface area contributed by atoms with Crippen LogP contribution in [0, 0.1) is 11.8 Å². The Labute approximate surface area is 141 Å². The van der Waals surface area contributed by atoms with Gasteiger partial charge in [0.15, 0.2) is 5.69 Å². The first-order chi connectivity index (χ1) is 11.6. The number of rotatable bonds is 1. The smallest absolute Gasteiger partial charge is 0.274 e. The lowest BCUT2D eigenvalue weighted by Gasteiger charge is -2.41. The van der Waals surface area contributed by atoms with Gasteiger partial charge < -0.3 is 4.90 Å². The number of aromatic nitrogens is 2. The van der Waals surface area contributed by atoms with Crippen LogP contribution in [0.25, 0.3) is 10.8 Å². The van der Waals surface area contributed by atoms with Crippen molar-refractivity contribution in [3.63, 3.8) is 0 Å². The molecule has 0 radical (unpaired) electrons. The minimum absolute atomic E-state index is 0.0363. The molecule has 0 bridgehead atoms. The van der Waals surface area contributed by atoms with Crippen LogP contribution in [0.2, 0.25) is 0 Å². The molecule has 0 N–H and O–H groups in total. The topological polar surface area (TPSA) is 55.2 Å². The number of fused-ring (bicyclic) bond motifs is 2. The third kappa shape index (κ3) is 2.52. The molecule has 2 aliphatic rings. The summed E-state index contributed by atoms with van der Waals surface area (Å²) in [5, 5.41) is 5.52. The molecule has 0 unspecified atom stereocenters. The number of hydrogen-bond acceptors (Lipinski definition) is 3. The van der Waals surface area contributed by atoms with Crippen molar-refractivity contribution in [1.29, 1.82) is 0 Å². The van der Waals surface area contributed by atoms with Crippen molar-refractivity contribution >= 4 is 16.7 Å². The number of aryl methyl sites for hydroxylation is 1. The molecule has 1 amide bonds. The van der Waals surface area contributed by atoms with Crippen molar-refractivity contribution in [2.75, 3.05) is 13.1 Å². The van der Waals surface area contributed by atoms with Gasteiger partial charge in [-0.3, -0.25) is 9.59 Å². The Balaban J connectivity index is 1.69. The first-order valence-electron chi connectivity index (χ1n) is 8.90. The van der Waals surface area contributed by atoms with Crippen molar-refractivity contribution in [1.82, 2.24) is 14.7 Å². The molecule has 24 heavy (non-hydrogen) atoms. The molecule has 2 heterocycles. The van der Waals surface area contributed by atoms with Crippen LogP contribution in [0.4, 0.5) is 0 Å². The van der Waals surface area contributed by atoms with Gasteiger partial charge in [0.25, 0.3) is 11.5 Å². The van der Waals surface area contributed by atoms with E-state index in [1.165, 1.54) is 30.4 Å². The number of carbonyl (C=O) groups is 1. The summed E-state index contributed by atoms with van der Waals surface area (Å²) in [4.78, 5) is 27.3. The summed E-state index contributed by atoms with van der Waals surface area (Å²) in [6, 6.07) is 7.27. The molecule has 1 aromatic carbocycles. The van der Waals surface area contributed by atoms with Gasteiger partial charge in [-0.2, -0.15) is 5.10 Å². The van der Waals surface area contributed by atoms with E-state index >= 15 is 0 Å². The van der Waals surface area contributed by atoms with E-state index in [-0.39, 0.29) is 11.5 Å². The average Bonchev–Trinajstić information content (AvgIpc) is 2.64. The Bertz CT molecular complexity index is 842. The number of likely N-dealkylation sites (tertiary alicyclic amines) is 1. The lowest BCUT2D eigenvalue weighted by molar-refractivity contribution is 0.0515. The fourth-order valence-electron chi connectivity index (χ4n) is 4.39. The molecule has 1 aromatic heterocycles. The largest absolute Gasteiger partial charge is 0.337 e. The zero-order chi connectivity index (χ0) is 16.7. The van der Waals surface area contributed by atoms with Crippen LogP contribution in [0.15, 0.2) is 29.1 Å². The lowest BCUT2D eigenvalue weighted by atomic mass is 9.75. The van der Waals surface area contributed by atoms with E-state index in [2.05, 4.69) is 5.10 Å². The Morgan fingerprint density at radius 2 is 1.79 bits per heavy atom. The predicted molar refractivity (Wildman–Crippen MR) is 93.0 cm³/mol. The molecule has 1 saturated carbocycles. The molecule has 1 aliphatic heterocycles. The first kappa shape index (κ1) is 15.4. The Kier molecular flexibility index (Phi) is 3.87. The van der Waals surface area contributed by atoms with Crippen LogP contribution in [0.5, 0.6) is 0 Å². The van der Waals surface area contributed by atoms with E-state index in [1.54, 1.807) is 13.1 Å². The van der Waals surface area contributed by atoms with Crippen molar-refractivity contribution in [2.45, 2.75) is 32.1 Å². The number of amides is 1. The van der Waals surface area contributed by atoms with Gasteiger partial charge in [-0.05, 0) is 30.7 Å². The van der Waals surface area contributed by atoms with Crippen LogP contribution >= 0.6 is 0 Å². The first-order valence-corrected chi connectivity index (χ1v) is 8.90. The molecule has 5 heteroatoms. The highest BCUT2D eigenvalue weighted by molar-refractivity contribution is 6.04. The van der Waals surface area contributed by atoms with Gasteiger partial charge in [0, 0.05) is 25.5 Å². The van der Waals surface area contributed by atoms with Crippen LogP contribution in [0.1, 0.15) is 42.6 Å². The standard InChI is InChI=1S/C19H23N3O2/c1-21-18(23)16-9-5-4-8-15(16)17(20-21)19(24)22-11-10-13-6-2-3-7-14(13)12-22/h4-5,8-9,13-14H,2-3,6-7,10-12H2,1H3/t13-,14+/m1/s1. The molecule has 2 fully saturated rings. The second-order valence-electron chi connectivity index (χ2n) is 7.17. The van der Waals surface area contributed by atoms with Crippen LogP contribution < -0.4 is 5.56 Å². The maximum Gasteiger partial charge on any atom is 0.274 e. The molecule has 1 aliphatic carbocycles. The van der Waals surface area contributed by atoms with E-state index in [0.717, 1.165) is 25.4 Å². The highest BCUT2D eigenvalue weighted by atomic mass is 16.2. The lowest BCUT2D eigenvalue weighted by Crippen LogP contribution is -2.45. The van der Waals surface area contributed by atoms with Crippen molar-refractivity contribution in [3.05, 3.63) is 40.3 Å². The zero-order valence-electron chi connectivity index (χ0n) is 14.1. The minimum atomic E-state index is -0.159. The monoisotopic (exact) mass is 325 g/mol. The molecule has 2 aromatic rings. The molecule has 0 spiro atoms. The van der Waals surface area contributed by atoms with Crippen molar-refractivity contribution in [2.24, 2.45) is 18.9 Å². The van der Waals surface area contributed by atoms with E-state index in [9.17, 15) is 9.59 Å². The molecular weight excluding hydrogens is 302 g/mol. The van der Waals surface area contributed by atoms with Gasteiger partial charge in [-0.15, -0.1) is 0 Å². The summed E-state index contributed by atoms with van der Waals surface area (Å²) in [5.74, 6) is 1.38. The summed E-state index contributed by atoms with van der Waals surface area (Å²) >= 11 is 0. The second kappa shape index (κ2) is 6.04. The third-order valence-corrected chi connectivity index (χ3v) is 5.74. The second-order valence-corrected chi connectivity index (χ2v) is 7.17. The minimum Gasteiger partial charge on any atom is -0.337 e. The third-order valence-electron chi connectivity index (χ3n) is 5.74. The van der Waals surface area contributed by atoms with E-state index in [0.29, 0.717) is 22.4 Å². The predicted octanol–water partition coefficient (Wildman–Crippen LogP) is 2.59. The van der Waals surface area contributed by atoms with Gasteiger partial charge >= 0.3 is 0 Å². The Morgan fingerprint density at radius 3 is 2.58 bits per heavy atom.